The Morgan fingerprint density at radius 2 is 1.90 bits per heavy atom. The number of anilines is 1. The van der Waals surface area contributed by atoms with Gasteiger partial charge in [-0.2, -0.15) is 0 Å². The van der Waals surface area contributed by atoms with Crippen LogP contribution < -0.4 is 10.1 Å². The predicted molar refractivity (Wildman–Crippen MR) is 120 cm³/mol. The van der Waals surface area contributed by atoms with E-state index in [0.717, 1.165) is 27.5 Å². The van der Waals surface area contributed by atoms with Crippen LogP contribution in [0.4, 0.5) is 5.69 Å². The number of nitrogens with zero attached hydrogens (tertiary/aromatic N) is 1. The molecule has 2 heterocycles. The molecule has 1 atom stereocenters. The summed E-state index contributed by atoms with van der Waals surface area (Å²) < 4.78 is 5.69. The van der Waals surface area contributed by atoms with Gasteiger partial charge in [0.25, 0.3) is 0 Å². The molecule has 4 rings (SSSR count). The Labute approximate surface area is 180 Å². The van der Waals surface area contributed by atoms with Crippen molar-refractivity contribution in [1.82, 2.24) is 4.98 Å². The molecular formula is C24H24N2O3S. The topological polar surface area (TPSA) is 68.3 Å². The van der Waals surface area contributed by atoms with Gasteiger partial charge in [-0.25, -0.2) is 4.98 Å². The first-order valence-electron chi connectivity index (χ1n) is 9.89. The minimum atomic E-state index is -0.245. The molecular weight excluding hydrogens is 396 g/mol. The second kappa shape index (κ2) is 7.69. The zero-order chi connectivity index (χ0) is 21.5. The van der Waals surface area contributed by atoms with Crippen LogP contribution in [0.5, 0.6) is 5.75 Å². The highest BCUT2D eigenvalue weighted by Crippen LogP contribution is 2.33. The van der Waals surface area contributed by atoms with Crippen molar-refractivity contribution >= 4 is 28.7 Å². The molecule has 1 aliphatic heterocycles. The number of ether oxygens (including phenoxy) is 1. The quantitative estimate of drug-likeness (QED) is 0.559. The van der Waals surface area contributed by atoms with Gasteiger partial charge < -0.3 is 10.1 Å². The van der Waals surface area contributed by atoms with Gasteiger partial charge in [-0.15, -0.1) is 11.3 Å². The van der Waals surface area contributed by atoms with Crippen LogP contribution in [-0.2, 0) is 10.2 Å². The molecule has 3 aromatic rings. The number of carbonyl (C=O) groups is 2. The number of carbonyl (C=O) groups excluding carboxylic acids is 2. The van der Waals surface area contributed by atoms with Crippen LogP contribution in [0, 0.1) is 0 Å². The molecule has 0 fully saturated rings. The van der Waals surface area contributed by atoms with E-state index >= 15 is 0 Å². The van der Waals surface area contributed by atoms with Crippen LogP contribution in [0.15, 0.2) is 47.8 Å². The molecule has 0 spiro atoms. The van der Waals surface area contributed by atoms with Crippen molar-refractivity contribution in [2.24, 2.45) is 0 Å². The summed E-state index contributed by atoms with van der Waals surface area (Å²) in [6, 6.07) is 12.9. The average molecular weight is 421 g/mol. The second-order valence-corrected chi connectivity index (χ2v) is 9.40. The van der Waals surface area contributed by atoms with Gasteiger partial charge in [0.15, 0.2) is 12.4 Å². The standard InChI is InChI=1S/C24H24N2O3S/c1-14-18-11-16(7-10-19(18)25-22(14)28)20(27)12-29-17-8-5-15(6-9-17)23-26-21(13-30-23)24(2,3)4/h5-11,13-14H,12H2,1-4H3,(H,25,28)/t14-/m1/s1. The van der Waals surface area contributed by atoms with E-state index < -0.39 is 0 Å². The molecule has 5 nitrogen and oxygen atoms in total. The van der Waals surface area contributed by atoms with Gasteiger partial charge in [0.05, 0.1) is 11.6 Å². The molecule has 154 valence electrons. The van der Waals surface area contributed by atoms with E-state index in [4.69, 9.17) is 9.72 Å². The van der Waals surface area contributed by atoms with Gasteiger partial charge in [0, 0.05) is 27.6 Å². The number of aromatic nitrogens is 1. The van der Waals surface area contributed by atoms with E-state index in [1.807, 2.05) is 31.2 Å². The maximum Gasteiger partial charge on any atom is 0.231 e. The van der Waals surface area contributed by atoms with E-state index in [-0.39, 0.29) is 29.6 Å². The third kappa shape index (κ3) is 4.00. The molecule has 1 amide bonds. The van der Waals surface area contributed by atoms with Crippen molar-refractivity contribution in [3.05, 3.63) is 64.7 Å². The molecule has 1 N–H and O–H groups in total. The number of rotatable bonds is 5. The number of fused-ring (bicyclic) bond motifs is 1. The van der Waals surface area contributed by atoms with E-state index in [2.05, 4.69) is 31.5 Å². The summed E-state index contributed by atoms with van der Waals surface area (Å²) in [5.41, 5.74) is 4.31. The lowest BCUT2D eigenvalue weighted by molar-refractivity contribution is -0.116. The molecule has 0 saturated heterocycles. The lowest BCUT2D eigenvalue weighted by atomic mass is 9.93. The van der Waals surface area contributed by atoms with Gasteiger partial charge in [-0.05, 0) is 55.0 Å². The minimum absolute atomic E-state index is 0.0247. The smallest absolute Gasteiger partial charge is 0.231 e. The summed E-state index contributed by atoms with van der Waals surface area (Å²) in [7, 11) is 0. The molecule has 1 aliphatic rings. The molecule has 0 radical (unpaired) electrons. The number of amides is 1. The van der Waals surface area contributed by atoms with Crippen LogP contribution >= 0.6 is 11.3 Å². The molecule has 6 heteroatoms. The Hall–Kier alpha value is -2.99. The maximum atomic E-state index is 12.6. The van der Waals surface area contributed by atoms with Crippen LogP contribution in [0.1, 0.15) is 55.2 Å². The lowest BCUT2D eigenvalue weighted by Gasteiger charge is -2.14. The third-order valence-corrected chi connectivity index (χ3v) is 6.13. The molecule has 0 bridgehead atoms. The van der Waals surface area contributed by atoms with Crippen molar-refractivity contribution in [2.45, 2.75) is 39.0 Å². The van der Waals surface area contributed by atoms with Crippen molar-refractivity contribution in [3.8, 4) is 16.3 Å². The van der Waals surface area contributed by atoms with Gasteiger partial charge >= 0.3 is 0 Å². The molecule has 2 aromatic carbocycles. The lowest BCUT2D eigenvalue weighted by Crippen LogP contribution is -2.12. The van der Waals surface area contributed by atoms with Crippen molar-refractivity contribution < 1.29 is 14.3 Å². The van der Waals surface area contributed by atoms with E-state index in [1.54, 1.807) is 29.5 Å². The first kappa shape index (κ1) is 20.3. The van der Waals surface area contributed by atoms with Crippen LogP contribution in [-0.4, -0.2) is 23.3 Å². The summed E-state index contributed by atoms with van der Waals surface area (Å²) in [4.78, 5) is 29.1. The zero-order valence-electron chi connectivity index (χ0n) is 17.5. The Balaban J connectivity index is 1.41. The number of Topliss-reactive ketones (excluding diaryl/α,β-unsaturated/α-hetero) is 1. The van der Waals surface area contributed by atoms with E-state index in [0.29, 0.717) is 11.3 Å². The number of nitrogens with one attached hydrogen (secondary N) is 1. The predicted octanol–water partition coefficient (Wildman–Crippen LogP) is 5.42. The van der Waals surface area contributed by atoms with Gasteiger partial charge in [-0.1, -0.05) is 20.8 Å². The highest BCUT2D eigenvalue weighted by Gasteiger charge is 2.27. The average Bonchev–Trinajstić information content (AvgIpc) is 3.32. The first-order chi connectivity index (χ1) is 14.2. The van der Waals surface area contributed by atoms with Gasteiger partial charge in [0.1, 0.15) is 10.8 Å². The molecule has 30 heavy (non-hydrogen) atoms. The third-order valence-electron chi connectivity index (χ3n) is 5.24. The van der Waals surface area contributed by atoms with Gasteiger partial charge in [0.2, 0.25) is 5.91 Å². The fourth-order valence-electron chi connectivity index (χ4n) is 3.27. The van der Waals surface area contributed by atoms with Crippen molar-refractivity contribution in [1.29, 1.82) is 0 Å². The van der Waals surface area contributed by atoms with Crippen LogP contribution in [0.2, 0.25) is 0 Å². The fraction of sp³-hybridized carbons (Fsp3) is 0.292. The fourth-order valence-corrected chi connectivity index (χ4v) is 4.32. The summed E-state index contributed by atoms with van der Waals surface area (Å²) in [6.45, 7) is 8.22. The van der Waals surface area contributed by atoms with Crippen molar-refractivity contribution in [3.63, 3.8) is 0 Å². The largest absolute Gasteiger partial charge is 0.485 e. The van der Waals surface area contributed by atoms with Crippen LogP contribution in [0.25, 0.3) is 10.6 Å². The van der Waals surface area contributed by atoms with E-state index in [9.17, 15) is 9.59 Å². The Kier molecular flexibility index (Phi) is 5.20. The number of hydrogen-bond acceptors (Lipinski definition) is 5. The number of benzene rings is 2. The Morgan fingerprint density at radius 3 is 2.57 bits per heavy atom. The van der Waals surface area contributed by atoms with Crippen LogP contribution in [0.3, 0.4) is 0 Å². The number of thiazole rings is 1. The monoisotopic (exact) mass is 420 g/mol. The Bertz CT molecular complexity index is 1110. The summed E-state index contributed by atoms with van der Waals surface area (Å²) in [5, 5.41) is 5.88. The highest BCUT2D eigenvalue weighted by molar-refractivity contribution is 7.13. The molecule has 1 aromatic heterocycles. The summed E-state index contributed by atoms with van der Waals surface area (Å²) in [6.07, 6.45) is 0. The highest BCUT2D eigenvalue weighted by atomic mass is 32.1. The molecule has 0 aliphatic carbocycles. The second-order valence-electron chi connectivity index (χ2n) is 8.54. The summed E-state index contributed by atoms with van der Waals surface area (Å²) in [5.74, 6) is 0.223. The molecule has 0 saturated carbocycles. The number of hydrogen-bond donors (Lipinski definition) is 1. The zero-order valence-corrected chi connectivity index (χ0v) is 18.3. The maximum absolute atomic E-state index is 12.6. The normalized spacial score (nSPS) is 15.6. The SMILES string of the molecule is C[C@H]1C(=O)Nc2ccc(C(=O)COc3ccc(-c4nc(C(C)(C)C)cs4)cc3)cc21. The number of ketones is 1. The Morgan fingerprint density at radius 1 is 1.17 bits per heavy atom. The van der Waals surface area contributed by atoms with Gasteiger partial charge in [-0.3, -0.25) is 9.59 Å². The summed E-state index contributed by atoms with van der Waals surface area (Å²) >= 11 is 1.63. The van der Waals surface area contributed by atoms with E-state index in [1.165, 1.54) is 0 Å². The first-order valence-corrected chi connectivity index (χ1v) is 10.8. The minimum Gasteiger partial charge on any atom is -0.485 e. The molecule has 0 unspecified atom stereocenters. The van der Waals surface area contributed by atoms with Crippen molar-refractivity contribution in [2.75, 3.05) is 11.9 Å².